The van der Waals surface area contributed by atoms with Crippen LogP contribution in [0.15, 0.2) is 5.16 Å². The molecule has 7 heteroatoms. The largest absolute Gasteiger partial charge is 0.456 e. The minimum absolute atomic E-state index is 0.358. The van der Waals surface area contributed by atoms with Crippen LogP contribution in [-0.4, -0.2) is 43.4 Å². The molecular weight excluding hydrogens is 495 g/mol. The van der Waals surface area contributed by atoms with E-state index in [1.807, 2.05) is 0 Å². The Morgan fingerprint density at radius 2 is 1.44 bits per heavy atom. The Morgan fingerprint density at radius 1 is 0.750 bits per heavy atom. The fraction of sp³-hybridized carbons (Fsp3) is 0.966. The Bertz CT molecular complexity index is 799. The van der Waals surface area contributed by atoms with Crippen LogP contribution in [0, 0.1) is 40.9 Å². The number of oxime groups is 1. The van der Waals surface area contributed by atoms with Crippen LogP contribution in [0.3, 0.4) is 0 Å². The molecule has 4 rings (SSSR count). The average Bonchev–Trinajstić information content (AvgIpc) is 3.08. The molecule has 0 N–H and O–H groups in total. The van der Waals surface area contributed by atoms with Gasteiger partial charge in [0.2, 0.25) is 0 Å². The minimum atomic E-state index is -1.72. The Balaban J connectivity index is 1.48. The molecule has 36 heavy (non-hydrogen) atoms. The standard InChI is InChI=1S/C29H57NO3Si3/c1-29-18-17-24-23-14-12-22(32-35(5,6)7)19-21(23)11-13-25(24)26(29)15-16-27(29)28(20-31-34(2,3)4)30-33-36(8,9)10/h21-27H,11-20H2,1-10H3/b30-28+/t21-,22-,23?,24?,25?,26?,27-,29+/m1/s1. The molecule has 8 atom stereocenters. The molecule has 0 bridgehead atoms. The zero-order chi connectivity index (χ0) is 26.5. The van der Waals surface area contributed by atoms with Crippen molar-refractivity contribution in [1.82, 2.24) is 0 Å². The van der Waals surface area contributed by atoms with E-state index < -0.39 is 25.0 Å². The van der Waals surface area contributed by atoms with E-state index in [9.17, 15) is 0 Å². The highest BCUT2D eigenvalue weighted by molar-refractivity contribution is 6.70. The molecule has 0 saturated heterocycles. The van der Waals surface area contributed by atoms with Crippen molar-refractivity contribution in [2.45, 2.75) is 130 Å². The second-order valence-electron chi connectivity index (χ2n) is 16.0. The summed E-state index contributed by atoms with van der Waals surface area (Å²) in [5, 5.41) is 4.89. The van der Waals surface area contributed by atoms with Gasteiger partial charge in [0.25, 0.3) is 8.32 Å². The molecule has 0 aromatic carbocycles. The van der Waals surface area contributed by atoms with E-state index in [0.717, 1.165) is 29.6 Å². The molecule has 0 aromatic rings. The molecule has 4 saturated carbocycles. The maximum absolute atomic E-state index is 6.59. The van der Waals surface area contributed by atoms with Gasteiger partial charge < -0.3 is 13.4 Å². The van der Waals surface area contributed by atoms with Gasteiger partial charge in [0, 0.05) is 12.0 Å². The molecule has 0 amide bonds. The topological polar surface area (TPSA) is 40.0 Å². The predicted octanol–water partition coefficient (Wildman–Crippen LogP) is 8.53. The molecule has 4 unspecified atom stereocenters. The van der Waals surface area contributed by atoms with Crippen LogP contribution in [0.1, 0.15) is 64.7 Å². The van der Waals surface area contributed by atoms with Gasteiger partial charge in [-0.05, 0) is 152 Å². The van der Waals surface area contributed by atoms with Crippen molar-refractivity contribution >= 4 is 30.7 Å². The molecule has 4 nitrogen and oxygen atoms in total. The maximum Gasteiger partial charge on any atom is 0.278 e. The van der Waals surface area contributed by atoms with Crippen molar-refractivity contribution in [2.75, 3.05) is 6.61 Å². The molecule has 208 valence electrons. The maximum atomic E-state index is 6.59. The van der Waals surface area contributed by atoms with Crippen LogP contribution in [0.5, 0.6) is 0 Å². The van der Waals surface area contributed by atoms with Gasteiger partial charge in [-0.2, -0.15) is 0 Å². The fourth-order valence-electron chi connectivity index (χ4n) is 8.64. The first kappa shape index (κ1) is 29.0. The van der Waals surface area contributed by atoms with Gasteiger partial charge >= 0.3 is 0 Å². The number of fused-ring (bicyclic) bond motifs is 5. The van der Waals surface area contributed by atoms with Crippen molar-refractivity contribution in [2.24, 2.45) is 46.1 Å². The lowest BCUT2D eigenvalue weighted by molar-refractivity contribution is -0.0701. The average molecular weight is 552 g/mol. The third-order valence-electron chi connectivity index (χ3n) is 9.92. The summed E-state index contributed by atoms with van der Waals surface area (Å²) in [6.07, 6.45) is 12.9. The van der Waals surface area contributed by atoms with Gasteiger partial charge in [-0.3, -0.25) is 0 Å². The molecule has 4 fully saturated rings. The SMILES string of the molecule is C[C@]12CCC3C(CC[C@@H]4C[C@H](O[Si](C)(C)C)CCC34)C1CC[C@@H]2/C(CO[Si](C)(C)C)=N/O[Si](C)(C)C. The van der Waals surface area contributed by atoms with Crippen molar-refractivity contribution in [3.05, 3.63) is 0 Å². The van der Waals surface area contributed by atoms with E-state index in [1.54, 1.807) is 0 Å². The molecule has 0 heterocycles. The number of hydrogen-bond acceptors (Lipinski definition) is 4. The van der Waals surface area contributed by atoms with E-state index in [0.29, 0.717) is 24.0 Å². The van der Waals surface area contributed by atoms with Crippen molar-refractivity contribution in [3.63, 3.8) is 0 Å². The van der Waals surface area contributed by atoms with E-state index in [-0.39, 0.29) is 0 Å². The monoisotopic (exact) mass is 551 g/mol. The van der Waals surface area contributed by atoms with Gasteiger partial charge in [0.1, 0.15) is 0 Å². The van der Waals surface area contributed by atoms with Crippen molar-refractivity contribution in [1.29, 1.82) is 0 Å². The highest BCUT2D eigenvalue weighted by Crippen LogP contribution is 2.64. The smallest absolute Gasteiger partial charge is 0.278 e. The third-order valence-corrected chi connectivity index (χ3v) is 12.6. The van der Waals surface area contributed by atoms with Crippen LogP contribution >= 0.6 is 0 Å². The van der Waals surface area contributed by atoms with Crippen LogP contribution in [-0.2, 0) is 13.4 Å². The van der Waals surface area contributed by atoms with E-state index in [4.69, 9.17) is 18.5 Å². The summed E-state index contributed by atoms with van der Waals surface area (Å²) in [7, 11) is -4.78. The van der Waals surface area contributed by atoms with Gasteiger partial charge in [0.05, 0.1) is 12.3 Å². The van der Waals surface area contributed by atoms with Gasteiger partial charge in [-0.1, -0.05) is 6.92 Å². The number of rotatable bonds is 8. The zero-order valence-corrected chi connectivity index (χ0v) is 28.3. The van der Waals surface area contributed by atoms with E-state index >= 15 is 0 Å². The Hall–Kier alpha value is 0.0406. The Labute approximate surface area is 226 Å². The Morgan fingerprint density at radius 3 is 2.08 bits per heavy atom. The van der Waals surface area contributed by atoms with Gasteiger partial charge in [-0.15, -0.1) is 5.16 Å². The summed E-state index contributed by atoms with van der Waals surface area (Å²) >= 11 is 0. The number of nitrogens with zero attached hydrogens (tertiary/aromatic N) is 1. The van der Waals surface area contributed by atoms with Crippen LogP contribution < -0.4 is 0 Å². The summed E-state index contributed by atoms with van der Waals surface area (Å²) < 4.78 is 19.2. The summed E-state index contributed by atoms with van der Waals surface area (Å²) in [6, 6.07) is 0. The minimum Gasteiger partial charge on any atom is -0.456 e. The lowest BCUT2D eigenvalue weighted by Gasteiger charge is -2.56. The van der Waals surface area contributed by atoms with E-state index in [2.05, 4.69) is 65.8 Å². The zero-order valence-electron chi connectivity index (χ0n) is 25.3. The molecule has 0 aromatic heterocycles. The second-order valence-corrected chi connectivity index (χ2v) is 29.3. The normalized spacial score (nSPS) is 39.8. The molecule has 4 aliphatic rings. The highest BCUT2D eigenvalue weighted by Gasteiger charge is 2.58. The van der Waals surface area contributed by atoms with Crippen LogP contribution in [0.25, 0.3) is 0 Å². The summed E-state index contributed by atoms with van der Waals surface area (Å²) in [4.78, 5) is 0. The predicted molar refractivity (Wildman–Crippen MR) is 160 cm³/mol. The lowest BCUT2D eigenvalue weighted by atomic mass is 9.49. The first-order chi connectivity index (χ1) is 16.6. The van der Waals surface area contributed by atoms with Gasteiger partial charge in [0.15, 0.2) is 16.6 Å². The first-order valence-corrected chi connectivity index (χ1v) is 25.3. The summed E-state index contributed by atoms with van der Waals surface area (Å²) in [5.41, 5.74) is 1.58. The Kier molecular flexibility index (Phi) is 8.51. The van der Waals surface area contributed by atoms with Crippen LogP contribution in [0.4, 0.5) is 0 Å². The fourth-order valence-corrected chi connectivity index (χ4v) is 10.8. The quantitative estimate of drug-likeness (QED) is 0.172. The molecular formula is C29H57NO3Si3. The third kappa shape index (κ3) is 6.78. The summed E-state index contributed by atoms with van der Waals surface area (Å²) in [6.45, 7) is 23.9. The van der Waals surface area contributed by atoms with Crippen molar-refractivity contribution in [3.8, 4) is 0 Å². The molecule has 0 spiro atoms. The van der Waals surface area contributed by atoms with Crippen molar-refractivity contribution < 1.29 is 13.4 Å². The lowest BCUT2D eigenvalue weighted by Crippen LogP contribution is -2.50. The molecule has 4 aliphatic carbocycles. The molecule has 0 radical (unpaired) electrons. The van der Waals surface area contributed by atoms with Gasteiger partial charge in [-0.25, -0.2) is 0 Å². The molecule has 0 aliphatic heterocycles. The van der Waals surface area contributed by atoms with E-state index in [1.165, 1.54) is 63.5 Å². The highest BCUT2D eigenvalue weighted by atomic mass is 28.4. The second kappa shape index (κ2) is 10.5. The summed E-state index contributed by atoms with van der Waals surface area (Å²) in [5.74, 6) is 5.10. The number of hydrogen-bond donors (Lipinski definition) is 0. The first-order valence-electron chi connectivity index (χ1n) is 15.1. The van der Waals surface area contributed by atoms with Crippen LogP contribution in [0.2, 0.25) is 58.9 Å².